The molecule has 3 aliphatic rings. The molecule has 31 heavy (non-hydrogen) atoms. The molecule has 3 heterocycles. The second kappa shape index (κ2) is 8.94. The maximum Gasteiger partial charge on any atom is 0.231 e. The first-order valence-electron chi connectivity index (χ1n) is 10.8. The molecule has 2 aromatic rings. The van der Waals surface area contributed by atoms with Crippen LogP contribution in [0.5, 0.6) is 23.0 Å². The minimum Gasteiger partial charge on any atom is -0.454 e. The minimum atomic E-state index is -0.218. The van der Waals surface area contributed by atoms with Crippen LogP contribution < -0.4 is 18.9 Å². The van der Waals surface area contributed by atoms with Crippen molar-refractivity contribution in [3.05, 3.63) is 47.5 Å². The Labute approximate surface area is 182 Å². The average molecular weight is 427 g/mol. The Kier molecular flexibility index (Phi) is 5.89. The van der Waals surface area contributed by atoms with E-state index < -0.39 is 0 Å². The predicted octanol–water partition coefficient (Wildman–Crippen LogP) is 3.10. The van der Waals surface area contributed by atoms with Gasteiger partial charge in [0, 0.05) is 12.5 Å². The summed E-state index contributed by atoms with van der Waals surface area (Å²) in [6.07, 6.45) is 1.54. The van der Waals surface area contributed by atoms with Crippen LogP contribution >= 0.6 is 0 Å². The van der Waals surface area contributed by atoms with Gasteiger partial charge in [0.2, 0.25) is 13.6 Å². The van der Waals surface area contributed by atoms with Crippen LogP contribution in [0, 0.1) is 11.8 Å². The van der Waals surface area contributed by atoms with E-state index in [-0.39, 0.29) is 19.0 Å². The first kappa shape index (κ1) is 20.4. The van der Waals surface area contributed by atoms with Crippen LogP contribution in [0.4, 0.5) is 0 Å². The molecule has 0 amide bonds. The van der Waals surface area contributed by atoms with Crippen molar-refractivity contribution >= 4 is 0 Å². The summed E-state index contributed by atoms with van der Waals surface area (Å²) in [6.45, 7) is 2.76. The number of likely N-dealkylation sites (N-methyl/N-ethyl adjacent to an activating group) is 1. The highest BCUT2D eigenvalue weighted by atomic mass is 16.7. The molecule has 0 bridgehead atoms. The van der Waals surface area contributed by atoms with Gasteiger partial charge in [0.15, 0.2) is 29.3 Å². The van der Waals surface area contributed by atoms with Crippen LogP contribution in [0.2, 0.25) is 0 Å². The zero-order chi connectivity index (χ0) is 21.2. The number of nitrogens with zero attached hydrogens (tertiary/aromatic N) is 1. The fraction of sp³-hybridized carbons (Fsp3) is 0.500. The Balaban J connectivity index is 1.32. The molecule has 0 saturated carbocycles. The van der Waals surface area contributed by atoms with E-state index >= 15 is 0 Å². The van der Waals surface area contributed by atoms with E-state index in [9.17, 15) is 0 Å². The Morgan fingerprint density at radius 1 is 0.839 bits per heavy atom. The maximum atomic E-state index is 6.17. The molecule has 0 aliphatic carbocycles. The fourth-order valence-electron chi connectivity index (χ4n) is 4.39. The van der Waals surface area contributed by atoms with E-state index in [0.29, 0.717) is 25.9 Å². The molecule has 5 rings (SSSR count). The summed E-state index contributed by atoms with van der Waals surface area (Å²) in [5.74, 6) is 3.84. The number of hydrogen-bond donors (Lipinski definition) is 0. The van der Waals surface area contributed by atoms with Crippen LogP contribution in [0.3, 0.4) is 0 Å². The molecule has 0 spiro atoms. The predicted molar refractivity (Wildman–Crippen MR) is 114 cm³/mol. The molecule has 1 saturated heterocycles. The number of ether oxygens (including phenoxy) is 6. The topological polar surface area (TPSA) is 58.6 Å². The van der Waals surface area contributed by atoms with E-state index in [2.05, 4.69) is 29.2 Å². The van der Waals surface area contributed by atoms with E-state index in [1.165, 1.54) is 11.1 Å². The SMILES string of the molecule is CN(C)CCOC1OC[C@H](Cc2ccc3c(c2)OCO3)[C@@H]1Cc1ccc2c(c1)OCO2. The zero-order valence-corrected chi connectivity index (χ0v) is 18.0. The van der Waals surface area contributed by atoms with Gasteiger partial charge in [-0.3, -0.25) is 0 Å². The lowest BCUT2D eigenvalue weighted by atomic mass is 9.84. The summed E-state index contributed by atoms with van der Waals surface area (Å²) in [6, 6.07) is 12.4. The summed E-state index contributed by atoms with van der Waals surface area (Å²) < 4.78 is 34.3. The Morgan fingerprint density at radius 2 is 1.45 bits per heavy atom. The molecule has 2 aromatic carbocycles. The molecule has 166 valence electrons. The van der Waals surface area contributed by atoms with Crippen molar-refractivity contribution in [1.82, 2.24) is 4.90 Å². The summed E-state index contributed by atoms with van der Waals surface area (Å²) in [7, 11) is 4.09. The van der Waals surface area contributed by atoms with Crippen LogP contribution in [0.25, 0.3) is 0 Å². The van der Waals surface area contributed by atoms with Crippen molar-refractivity contribution < 1.29 is 28.4 Å². The van der Waals surface area contributed by atoms with Crippen LogP contribution in [-0.2, 0) is 22.3 Å². The number of rotatable bonds is 8. The third-order valence-electron chi connectivity index (χ3n) is 6.09. The van der Waals surface area contributed by atoms with Crippen molar-refractivity contribution in [2.75, 3.05) is 47.4 Å². The van der Waals surface area contributed by atoms with Gasteiger partial charge in [0.25, 0.3) is 0 Å². The number of fused-ring (bicyclic) bond motifs is 2. The highest BCUT2D eigenvalue weighted by Crippen LogP contribution is 2.39. The van der Waals surface area contributed by atoms with E-state index in [1.807, 2.05) is 26.2 Å². The van der Waals surface area contributed by atoms with Crippen molar-refractivity contribution in [2.45, 2.75) is 19.1 Å². The van der Waals surface area contributed by atoms with E-state index in [1.54, 1.807) is 0 Å². The minimum absolute atomic E-state index is 0.218. The quantitative estimate of drug-likeness (QED) is 0.642. The molecule has 3 atom stereocenters. The fourth-order valence-corrected chi connectivity index (χ4v) is 4.39. The normalized spacial score (nSPS) is 23.6. The molecular weight excluding hydrogens is 398 g/mol. The molecule has 1 unspecified atom stereocenters. The second-order valence-electron chi connectivity index (χ2n) is 8.58. The van der Waals surface area contributed by atoms with Crippen molar-refractivity contribution in [1.29, 1.82) is 0 Å². The lowest BCUT2D eigenvalue weighted by Gasteiger charge is -2.24. The second-order valence-corrected chi connectivity index (χ2v) is 8.58. The summed E-state index contributed by atoms with van der Waals surface area (Å²) in [5.41, 5.74) is 2.43. The molecule has 0 radical (unpaired) electrons. The number of hydrogen-bond acceptors (Lipinski definition) is 7. The molecule has 0 N–H and O–H groups in total. The molecule has 0 aromatic heterocycles. The van der Waals surface area contributed by atoms with Crippen LogP contribution in [0.1, 0.15) is 11.1 Å². The third kappa shape index (κ3) is 4.59. The summed E-state index contributed by atoms with van der Waals surface area (Å²) in [5, 5.41) is 0. The van der Waals surface area contributed by atoms with Crippen LogP contribution in [-0.4, -0.2) is 58.6 Å². The van der Waals surface area contributed by atoms with Gasteiger partial charge < -0.3 is 33.3 Å². The highest BCUT2D eigenvalue weighted by Gasteiger charge is 2.38. The average Bonchev–Trinajstić information content (AvgIpc) is 3.48. The summed E-state index contributed by atoms with van der Waals surface area (Å²) >= 11 is 0. The molecule has 1 fully saturated rings. The Morgan fingerprint density at radius 3 is 2.10 bits per heavy atom. The first-order chi connectivity index (χ1) is 15.2. The lowest BCUT2D eigenvalue weighted by Crippen LogP contribution is -2.29. The van der Waals surface area contributed by atoms with Gasteiger partial charge in [-0.05, 0) is 68.2 Å². The molecule has 7 nitrogen and oxygen atoms in total. The van der Waals surface area contributed by atoms with Gasteiger partial charge in [0.05, 0.1) is 13.2 Å². The smallest absolute Gasteiger partial charge is 0.231 e. The molecule has 3 aliphatic heterocycles. The van der Waals surface area contributed by atoms with Crippen molar-refractivity contribution in [3.63, 3.8) is 0 Å². The largest absolute Gasteiger partial charge is 0.454 e. The monoisotopic (exact) mass is 427 g/mol. The zero-order valence-electron chi connectivity index (χ0n) is 18.0. The van der Waals surface area contributed by atoms with Crippen molar-refractivity contribution in [3.8, 4) is 23.0 Å². The van der Waals surface area contributed by atoms with Gasteiger partial charge >= 0.3 is 0 Å². The lowest BCUT2D eigenvalue weighted by molar-refractivity contribution is -0.132. The molecule has 7 heteroatoms. The van der Waals surface area contributed by atoms with Gasteiger partial charge in [-0.2, -0.15) is 0 Å². The van der Waals surface area contributed by atoms with Gasteiger partial charge in [0.1, 0.15) is 0 Å². The first-order valence-corrected chi connectivity index (χ1v) is 10.8. The van der Waals surface area contributed by atoms with E-state index in [0.717, 1.165) is 42.4 Å². The highest BCUT2D eigenvalue weighted by molar-refractivity contribution is 5.45. The van der Waals surface area contributed by atoms with Gasteiger partial charge in [-0.25, -0.2) is 0 Å². The third-order valence-corrected chi connectivity index (χ3v) is 6.09. The van der Waals surface area contributed by atoms with Crippen LogP contribution in [0.15, 0.2) is 36.4 Å². The Hall–Kier alpha value is -2.48. The van der Waals surface area contributed by atoms with Gasteiger partial charge in [-0.1, -0.05) is 12.1 Å². The number of benzene rings is 2. The summed E-state index contributed by atoms with van der Waals surface area (Å²) in [4.78, 5) is 2.12. The Bertz CT molecular complexity index is 917. The molecular formula is C24H29NO6. The van der Waals surface area contributed by atoms with Crippen molar-refractivity contribution in [2.24, 2.45) is 11.8 Å². The van der Waals surface area contributed by atoms with Gasteiger partial charge in [-0.15, -0.1) is 0 Å². The van der Waals surface area contributed by atoms with E-state index in [4.69, 9.17) is 28.4 Å². The standard InChI is InChI=1S/C24H29NO6/c1-25(2)7-8-26-24-19(10-17-4-6-21-23(12-17)31-15-29-21)18(13-27-24)9-16-3-5-20-22(11-16)30-14-28-20/h3-6,11-12,18-19,24H,7-10,13-15H2,1-2H3/t18-,19-,24?/m0/s1. The maximum absolute atomic E-state index is 6.17.